The summed E-state index contributed by atoms with van der Waals surface area (Å²) in [6.07, 6.45) is 9.49. The number of Topliss-reactive ketones (excluding diaryl/α,β-unsaturated/α-hetero) is 1. The van der Waals surface area contributed by atoms with Crippen LogP contribution < -0.4 is 9.47 Å². The van der Waals surface area contributed by atoms with Crippen molar-refractivity contribution in [3.8, 4) is 11.5 Å². The van der Waals surface area contributed by atoms with Gasteiger partial charge in [-0.2, -0.15) is 0 Å². The fourth-order valence-corrected chi connectivity index (χ4v) is 2.83. The molecule has 1 aromatic carbocycles. The number of allylic oxidation sites excluding steroid dienone is 4. The minimum atomic E-state index is -0.601. The Morgan fingerprint density at radius 2 is 2.14 bits per heavy atom. The van der Waals surface area contributed by atoms with Gasteiger partial charge in [0.25, 0.3) is 0 Å². The Labute approximate surface area is 140 Å². The van der Waals surface area contributed by atoms with E-state index in [0.717, 1.165) is 17.3 Å². The summed E-state index contributed by atoms with van der Waals surface area (Å²) < 4.78 is 11.2. The van der Waals surface area contributed by atoms with Crippen molar-refractivity contribution in [1.29, 1.82) is 0 Å². The Balaban J connectivity index is 2.33. The third-order valence-electron chi connectivity index (χ3n) is 3.91. The summed E-state index contributed by atoms with van der Waals surface area (Å²) in [5, 5.41) is 0.901. The Hall–Kier alpha value is -1.55. The van der Waals surface area contributed by atoms with Gasteiger partial charge in [-0.1, -0.05) is 46.3 Å². The predicted molar refractivity (Wildman–Crippen MR) is 92.2 cm³/mol. The van der Waals surface area contributed by atoms with Gasteiger partial charge in [0, 0.05) is 5.33 Å². The molecule has 22 heavy (non-hydrogen) atoms. The predicted octanol–water partition coefficient (Wildman–Crippen LogP) is 4.20. The smallest absolute Gasteiger partial charge is 0.161 e. The van der Waals surface area contributed by atoms with Crippen LogP contribution in [0.25, 0.3) is 0 Å². The normalized spacial score (nSPS) is 20.0. The first kappa shape index (κ1) is 16.8. The van der Waals surface area contributed by atoms with Crippen LogP contribution in [0.2, 0.25) is 0 Å². The van der Waals surface area contributed by atoms with Crippen molar-refractivity contribution >= 4 is 21.7 Å². The van der Waals surface area contributed by atoms with Crippen molar-refractivity contribution < 1.29 is 14.3 Å². The van der Waals surface area contributed by atoms with Crippen molar-refractivity contribution in [3.05, 3.63) is 48.1 Å². The molecule has 1 aliphatic rings. The van der Waals surface area contributed by atoms with Gasteiger partial charge in [0.2, 0.25) is 0 Å². The number of methoxy groups -OCH3 is 1. The Morgan fingerprint density at radius 1 is 1.32 bits per heavy atom. The average molecular weight is 365 g/mol. The van der Waals surface area contributed by atoms with Gasteiger partial charge in [0.05, 0.1) is 19.1 Å². The molecule has 0 saturated heterocycles. The molecule has 0 heterocycles. The second-order valence-corrected chi connectivity index (χ2v) is 6.07. The molecule has 0 spiro atoms. The lowest BCUT2D eigenvalue weighted by molar-refractivity contribution is -0.120. The van der Waals surface area contributed by atoms with Gasteiger partial charge < -0.3 is 9.47 Å². The highest BCUT2D eigenvalue weighted by atomic mass is 79.9. The van der Waals surface area contributed by atoms with Crippen LogP contribution in [0.3, 0.4) is 0 Å². The van der Waals surface area contributed by atoms with Crippen molar-refractivity contribution in [1.82, 2.24) is 0 Å². The number of hydrogen-bond acceptors (Lipinski definition) is 3. The molecule has 1 unspecified atom stereocenters. The van der Waals surface area contributed by atoms with Crippen LogP contribution in [-0.4, -0.2) is 24.8 Å². The van der Waals surface area contributed by atoms with Crippen LogP contribution in [0.1, 0.15) is 25.3 Å². The largest absolute Gasteiger partial charge is 0.493 e. The monoisotopic (exact) mass is 364 g/mol. The van der Waals surface area contributed by atoms with E-state index in [9.17, 15) is 4.79 Å². The third kappa shape index (κ3) is 3.43. The zero-order valence-electron chi connectivity index (χ0n) is 13.0. The number of carbonyl (C=O) groups is 1. The van der Waals surface area contributed by atoms with Gasteiger partial charge in [-0.05, 0) is 37.5 Å². The number of rotatable bonds is 7. The molecule has 0 radical (unpaired) electrons. The van der Waals surface area contributed by atoms with Gasteiger partial charge in [0.15, 0.2) is 11.5 Å². The summed E-state index contributed by atoms with van der Waals surface area (Å²) in [6.45, 7) is 2.26. The first-order chi connectivity index (χ1) is 10.6. The molecule has 2 rings (SSSR count). The summed E-state index contributed by atoms with van der Waals surface area (Å²) in [5.74, 6) is 1.50. The van der Waals surface area contributed by atoms with E-state index in [2.05, 4.69) is 15.9 Å². The lowest BCUT2D eigenvalue weighted by Crippen LogP contribution is -2.32. The number of halogens is 1. The van der Waals surface area contributed by atoms with E-state index in [1.807, 2.05) is 42.5 Å². The summed E-state index contributed by atoms with van der Waals surface area (Å²) >= 11 is 3.38. The molecule has 118 valence electrons. The fourth-order valence-electron chi connectivity index (χ4n) is 2.60. The zero-order valence-corrected chi connectivity index (χ0v) is 14.6. The molecular weight excluding hydrogens is 344 g/mol. The maximum absolute atomic E-state index is 12.3. The first-order valence-corrected chi connectivity index (χ1v) is 8.49. The Morgan fingerprint density at radius 3 is 2.73 bits per heavy atom. The number of alkyl halides is 1. The highest BCUT2D eigenvalue weighted by Gasteiger charge is 2.35. The van der Waals surface area contributed by atoms with E-state index < -0.39 is 5.41 Å². The number of hydrogen-bond donors (Lipinski definition) is 0. The van der Waals surface area contributed by atoms with Gasteiger partial charge in [-0.15, -0.1) is 0 Å². The number of ketones is 1. The summed E-state index contributed by atoms with van der Waals surface area (Å²) in [6, 6.07) is 5.75. The van der Waals surface area contributed by atoms with E-state index in [0.29, 0.717) is 24.5 Å². The molecule has 0 fully saturated rings. The first-order valence-electron chi connectivity index (χ1n) is 7.37. The molecule has 4 heteroatoms. The fraction of sp³-hybridized carbons (Fsp3) is 0.389. The highest BCUT2D eigenvalue weighted by Crippen LogP contribution is 2.38. The standard InChI is InChI=1S/C18H21BrO3/c1-14(20)18(9-4-3-5-10-18)15-7-8-16(17(13-15)21-2)22-12-6-11-19/h3-5,7-9,13H,6,10-12H2,1-2H3. The third-order valence-corrected chi connectivity index (χ3v) is 4.47. The lowest BCUT2D eigenvalue weighted by atomic mass is 9.72. The van der Waals surface area contributed by atoms with Crippen LogP contribution >= 0.6 is 15.9 Å². The van der Waals surface area contributed by atoms with Crippen molar-refractivity contribution in [2.75, 3.05) is 19.0 Å². The van der Waals surface area contributed by atoms with Crippen LogP contribution in [0.15, 0.2) is 42.5 Å². The summed E-state index contributed by atoms with van der Waals surface area (Å²) in [7, 11) is 1.62. The van der Waals surface area contributed by atoms with Gasteiger partial charge >= 0.3 is 0 Å². The molecule has 1 aromatic rings. The minimum absolute atomic E-state index is 0.128. The second kappa shape index (κ2) is 7.63. The van der Waals surface area contributed by atoms with Crippen LogP contribution in [0.5, 0.6) is 11.5 Å². The lowest BCUT2D eigenvalue weighted by Gasteiger charge is -2.29. The van der Waals surface area contributed by atoms with E-state index in [1.165, 1.54) is 0 Å². The molecule has 1 aliphatic carbocycles. The van der Waals surface area contributed by atoms with Crippen LogP contribution in [0, 0.1) is 0 Å². The molecule has 0 amide bonds. The minimum Gasteiger partial charge on any atom is -0.493 e. The SMILES string of the molecule is COc1cc(C2(C(C)=O)C=CC=CC2)ccc1OCCCBr. The molecule has 0 aromatic heterocycles. The zero-order chi connectivity index (χ0) is 16.0. The van der Waals surface area contributed by atoms with E-state index >= 15 is 0 Å². The number of ether oxygens (including phenoxy) is 2. The maximum Gasteiger partial charge on any atom is 0.161 e. The topological polar surface area (TPSA) is 35.5 Å². The molecule has 3 nitrogen and oxygen atoms in total. The van der Waals surface area contributed by atoms with E-state index in [1.54, 1.807) is 14.0 Å². The van der Waals surface area contributed by atoms with Gasteiger partial charge in [-0.3, -0.25) is 4.79 Å². The Bertz CT molecular complexity index is 592. The molecule has 0 saturated carbocycles. The second-order valence-electron chi connectivity index (χ2n) is 5.28. The molecular formula is C18H21BrO3. The van der Waals surface area contributed by atoms with E-state index in [-0.39, 0.29) is 5.78 Å². The molecule has 0 aliphatic heterocycles. The Kier molecular flexibility index (Phi) is 5.83. The number of carbonyl (C=O) groups excluding carboxylic acids is 1. The van der Waals surface area contributed by atoms with E-state index in [4.69, 9.17) is 9.47 Å². The molecule has 1 atom stereocenters. The quantitative estimate of drug-likeness (QED) is 0.537. The van der Waals surface area contributed by atoms with Gasteiger partial charge in [0.1, 0.15) is 5.78 Å². The molecule has 0 N–H and O–H groups in total. The van der Waals surface area contributed by atoms with Crippen LogP contribution in [-0.2, 0) is 10.2 Å². The van der Waals surface area contributed by atoms with Crippen LogP contribution in [0.4, 0.5) is 0 Å². The number of benzene rings is 1. The van der Waals surface area contributed by atoms with Crippen molar-refractivity contribution in [2.45, 2.75) is 25.2 Å². The van der Waals surface area contributed by atoms with Crippen molar-refractivity contribution in [3.63, 3.8) is 0 Å². The maximum atomic E-state index is 12.3. The van der Waals surface area contributed by atoms with Gasteiger partial charge in [-0.25, -0.2) is 0 Å². The molecule has 0 bridgehead atoms. The summed E-state index contributed by atoms with van der Waals surface area (Å²) in [4.78, 5) is 12.3. The highest BCUT2D eigenvalue weighted by molar-refractivity contribution is 9.09. The summed E-state index contributed by atoms with van der Waals surface area (Å²) in [5.41, 5.74) is 0.335. The average Bonchev–Trinajstić information content (AvgIpc) is 2.55. The van der Waals surface area contributed by atoms with Crippen molar-refractivity contribution in [2.24, 2.45) is 0 Å².